The molecule has 2 heterocycles. The van der Waals surface area contributed by atoms with Crippen molar-refractivity contribution < 1.29 is 9.47 Å². The molecular formula is C22H34IN5O2S. The van der Waals surface area contributed by atoms with Crippen molar-refractivity contribution in [1.29, 1.82) is 0 Å². The van der Waals surface area contributed by atoms with Crippen molar-refractivity contribution in [2.45, 2.75) is 38.9 Å². The summed E-state index contributed by atoms with van der Waals surface area (Å²) in [7, 11) is 3.95. The SMILES string of the molecule is CN=C(NCc1cccc(OCCN(C)C2CCOCC2)c1)NCc1ncc(C)s1.I. The molecule has 0 atom stereocenters. The van der Waals surface area contributed by atoms with E-state index in [4.69, 9.17) is 9.47 Å². The van der Waals surface area contributed by atoms with Crippen LogP contribution in [0.3, 0.4) is 0 Å². The molecule has 172 valence electrons. The number of thiazole rings is 1. The monoisotopic (exact) mass is 559 g/mol. The van der Waals surface area contributed by atoms with Gasteiger partial charge in [-0.3, -0.25) is 9.89 Å². The van der Waals surface area contributed by atoms with E-state index in [1.807, 2.05) is 18.3 Å². The van der Waals surface area contributed by atoms with E-state index >= 15 is 0 Å². The minimum atomic E-state index is 0. The first-order valence-electron chi connectivity index (χ1n) is 10.5. The van der Waals surface area contributed by atoms with E-state index in [2.05, 4.69) is 51.6 Å². The highest BCUT2D eigenvalue weighted by Gasteiger charge is 2.17. The Hall–Kier alpha value is -1.43. The van der Waals surface area contributed by atoms with Crippen LogP contribution in [0.5, 0.6) is 5.75 Å². The molecule has 31 heavy (non-hydrogen) atoms. The Bertz CT molecular complexity index is 811. The van der Waals surface area contributed by atoms with E-state index < -0.39 is 0 Å². The number of halogens is 1. The lowest BCUT2D eigenvalue weighted by Crippen LogP contribution is -2.38. The van der Waals surface area contributed by atoms with Gasteiger partial charge in [0.2, 0.25) is 0 Å². The second-order valence-electron chi connectivity index (χ2n) is 7.46. The first-order chi connectivity index (χ1) is 14.6. The molecule has 1 aromatic heterocycles. The molecular weight excluding hydrogens is 525 g/mol. The third-order valence-electron chi connectivity index (χ3n) is 5.19. The summed E-state index contributed by atoms with van der Waals surface area (Å²) in [6.45, 7) is 6.74. The molecule has 0 amide bonds. The van der Waals surface area contributed by atoms with Gasteiger partial charge in [0.25, 0.3) is 0 Å². The number of guanidine groups is 1. The fraction of sp³-hybridized carbons (Fsp3) is 0.545. The van der Waals surface area contributed by atoms with Gasteiger partial charge in [0.1, 0.15) is 17.4 Å². The molecule has 0 radical (unpaired) electrons. The maximum atomic E-state index is 6.00. The van der Waals surface area contributed by atoms with Gasteiger partial charge in [0.15, 0.2) is 5.96 Å². The summed E-state index contributed by atoms with van der Waals surface area (Å²) in [6.07, 6.45) is 4.11. The van der Waals surface area contributed by atoms with Crippen LogP contribution in [0.25, 0.3) is 0 Å². The van der Waals surface area contributed by atoms with Gasteiger partial charge in [-0.2, -0.15) is 0 Å². The quantitative estimate of drug-likeness (QED) is 0.279. The first-order valence-corrected chi connectivity index (χ1v) is 11.3. The second kappa shape index (κ2) is 13.9. The molecule has 2 aromatic rings. The molecule has 1 aliphatic rings. The van der Waals surface area contributed by atoms with Gasteiger partial charge >= 0.3 is 0 Å². The van der Waals surface area contributed by atoms with Gasteiger partial charge in [-0.25, -0.2) is 4.98 Å². The van der Waals surface area contributed by atoms with Crippen LogP contribution in [0, 0.1) is 6.92 Å². The van der Waals surface area contributed by atoms with Crippen LogP contribution < -0.4 is 15.4 Å². The minimum Gasteiger partial charge on any atom is -0.492 e. The molecule has 1 aliphatic heterocycles. The first kappa shape index (κ1) is 25.8. The van der Waals surface area contributed by atoms with Crippen molar-refractivity contribution in [1.82, 2.24) is 20.5 Å². The zero-order chi connectivity index (χ0) is 21.2. The van der Waals surface area contributed by atoms with Crippen LogP contribution in [-0.2, 0) is 17.8 Å². The number of aromatic nitrogens is 1. The summed E-state index contributed by atoms with van der Waals surface area (Å²) in [6, 6.07) is 8.81. The number of ether oxygens (including phenoxy) is 2. The lowest BCUT2D eigenvalue weighted by molar-refractivity contribution is 0.0392. The normalized spacial score (nSPS) is 14.9. The Morgan fingerprint density at radius 2 is 2.06 bits per heavy atom. The summed E-state index contributed by atoms with van der Waals surface area (Å²) in [4.78, 5) is 12.3. The molecule has 0 bridgehead atoms. The maximum absolute atomic E-state index is 6.00. The van der Waals surface area contributed by atoms with Gasteiger partial charge in [-0.15, -0.1) is 35.3 Å². The van der Waals surface area contributed by atoms with Gasteiger partial charge in [0.05, 0.1) is 6.54 Å². The van der Waals surface area contributed by atoms with E-state index in [0.29, 0.717) is 25.7 Å². The van der Waals surface area contributed by atoms with Crippen molar-refractivity contribution in [2.24, 2.45) is 4.99 Å². The number of likely N-dealkylation sites (N-methyl/N-ethyl adjacent to an activating group) is 1. The summed E-state index contributed by atoms with van der Waals surface area (Å²) in [5, 5.41) is 7.70. The largest absolute Gasteiger partial charge is 0.492 e. The van der Waals surface area contributed by atoms with Crippen LogP contribution >= 0.6 is 35.3 Å². The molecule has 1 aromatic carbocycles. The topological polar surface area (TPSA) is 71.0 Å². The fourth-order valence-corrected chi connectivity index (χ4v) is 4.14. The number of nitrogens with one attached hydrogen (secondary N) is 2. The molecule has 0 saturated carbocycles. The number of rotatable bonds is 9. The van der Waals surface area contributed by atoms with E-state index in [9.17, 15) is 0 Å². The Balaban J connectivity index is 0.00000341. The smallest absolute Gasteiger partial charge is 0.191 e. The highest BCUT2D eigenvalue weighted by molar-refractivity contribution is 14.0. The number of hydrogen-bond acceptors (Lipinski definition) is 6. The molecule has 9 heteroatoms. The Labute approximate surface area is 206 Å². The summed E-state index contributed by atoms with van der Waals surface area (Å²) in [5.41, 5.74) is 1.15. The molecule has 7 nitrogen and oxygen atoms in total. The molecule has 3 rings (SSSR count). The third-order valence-corrected chi connectivity index (χ3v) is 6.10. The van der Waals surface area contributed by atoms with E-state index in [1.54, 1.807) is 18.4 Å². The molecule has 1 fully saturated rings. The van der Waals surface area contributed by atoms with Gasteiger partial charge in [-0.1, -0.05) is 12.1 Å². The molecule has 0 unspecified atom stereocenters. The summed E-state index contributed by atoms with van der Waals surface area (Å²) in [5.74, 6) is 1.66. The number of aryl methyl sites for hydroxylation is 1. The summed E-state index contributed by atoms with van der Waals surface area (Å²) >= 11 is 1.69. The van der Waals surface area contributed by atoms with Gasteiger partial charge in [0, 0.05) is 50.5 Å². The van der Waals surface area contributed by atoms with Crippen molar-refractivity contribution >= 4 is 41.3 Å². The van der Waals surface area contributed by atoms with Crippen LogP contribution in [-0.4, -0.2) is 62.3 Å². The second-order valence-corrected chi connectivity index (χ2v) is 8.78. The predicted octanol–water partition coefficient (Wildman–Crippen LogP) is 3.42. The minimum absolute atomic E-state index is 0. The molecule has 1 saturated heterocycles. The van der Waals surface area contributed by atoms with E-state index in [-0.39, 0.29) is 24.0 Å². The van der Waals surface area contributed by atoms with Crippen molar-refractivity contribution in [3.05, 3.63) is 45.9 Å². The average molecular weight is 560 g/mol. The van der Waals surface area contributed by atoms with E-state index in [0.717, 1.165) is 54.9 Å². The van der Waals surface area contributed by atoms with Crippen LogP contribution in [0.1, 0.15) is 28.3 Å². The van der Waals surface area contributed by atoms with Crippen LogP contribution in [0.2, 0.25) is 0 Å². The predicted molar refractivity (Wildman–Crippen MR) is 138 cm³/mol. The van der Waals surface area contributed by atoms with E-state index in [1.165, 1.54) is 4.88 Å². The van der Waals surface area contributed by atoms with Crippen molar-refractivity contribution in [2.75, 3.05) is 40.5 Å². The number of nitrogens with zero attached hydrogens (tertiary/aromatic N) is 3. The zero-order valence-corrected chi connectivity index (χ0v) is 21.7. The number of aliphatic imine (C=N–C) groups is 1. The van der Waals surface area contributed by atoms with Crippen molar-refractivity contribution in [3.8, 4) is 5.75 Å². The van der Waals surface area contributed by atoms with Crippen LogP contribution in [0.4, 0.5) is 0 Å². The summed E-state index contributed by atoms with van der Waals surface area (Å²) < 4.78 is 11.4. The fourth-order valence-electron chi connectivity index (χ4n) is 3.41. The van der Waals surface area contributed by atoms with Crippen molar-refractivity contribution in [3.63, 3.8) is 0 Å². The number of benzene rings is 1. The maximum Gasteiger partial charge on any atom is 0.191 e. The van der Waals surface area contributed by atoms with Gasteiger partial charge in [-0.05, 0) is 44.5 Å². The highest BCUT2D eigenvalue weighted by Crippen LogP contribution is 2.15. The Morgan fingerprint density at radius 1 is 1.29 bits per heavy atom. The highest BCUT2D eigenvalue weighted by atomic mass is 127. The van der Waals surface area contributed by atoms with Crippen LogP contribution in [0.15, 0.2) is 35.5 Å². The molecule has 0 spiro atoms. The molecule has 2 N–H and O–H groups in total. The standard InChI is InChI=1S/C22H33N5O2S.HI/c1-17-14-24-21(30-17)16-26-22(23-2)25-15-18-5-4-6-20(13-18)29-12-9-27(3)19-7-10-28-11-8-19;/h4-6,13-14,19H,7-12,15-16H2,1-3H3,(H2,23,25,26);1H. The Morgan fingerprint density at radius 3 is 2.77 bits per heavy atom. The Kier molecular flexibility index (Phi) is 11.6. The molecule has 0 aliphatic carbocycles. The number of hydrogen-bond donors (Lipinski definition) is 2. The average Bonchev–Trinajstić information content (AvgIpc) is 3.20. The zero-order valence-electron chi connectivity index (χ0n) is 18.6. The third kappa shape index (κ3) is 8.91. The lowest BCUT2D eigenvalue weighted by Gasteiger charge is -2.31. The lowest BCUT2D eigenvalue weighted by atomic mass is 10.1. The van der Waals surface area contributed by atoms with Gasteiger partial charge < -0.3 is 20.1 Å².